The van der Waals surface area contributed by atoms with Crippen LogP contribution in [-0.4, -0.2) is 36.5 Å². The van der Waals surface area contributed by atoms with Crippen LogP contribution in [0.1, 0.15) is 66.7 Å². The summed E-state index contributed by atoms with van der Waals surface area (Å²) in [6.45, 7) is 14.2. The molecule has 1 saturated heterocycles. The van der Waals surface area contributed by atoms with Gasteiger partial charge in [-0.15, -0.1) is 0 Å². The van der Waals surface area contributed by atoms with Crippen LogP contribution in [0.2, 0.25) is 0 Å². The van der Waals surface area contributed by atoms with Crippen LogP contribution in [0.5, 0.6) is 0 Å². The lowest BCUT2D eigenvalue weighted by molar-refractivity contribution is -0.130. The Labute approximate surface area is 125 Å². The highest BCUT2D eigenvalue weighted by atomic mass is 16.2. The molecule has 1 fully saturated rings. The van der Waals surface area contributed by atoms with Gasteiger partial charge in [0.25, 0.3) is 0 Å². The van der Waals surface area contributed by atoms with Gasteiger partial charge in [-0.05, 0) is 50.5 Å². The number of carbonyl (C=O) groups is 1. The Kier molecular flexibility index (Phi) is 7.01. The first-order chi connectivity index (χ1) is 9.34. The maximum atomic E-state index is 12.2. The Balaban J connectivity index is 2.37. The molecule has 2 unspecified atom stereocenters. The number of amides is 1. The van der Waals surface area contributed by atoms with E-state index in [0.717, 1.165) is 51.7 Å². The number of hydrogen-bond donors (Lipinski definition) is 1. The molecule has 1 N–H and O–H groups in total. The molecule has 3 heteroatoms. The number of carbonyl (C=O) groups excluding carboxylic acids is 1. The molecule has 1 aliphatic rings. The van der Waals surface area contributed by atoms with E-state index in [4.69, 9.17) is 0 Å². The highest BCUT2D eigenvalue weighted by Crippen LogP contribution is 2.34. The first kappa shape index (κ1) is 17.5. The summed E-state index contributed by atoms with van der Waals surface area (Å²) in [7, 11) is 0. The molecule has 1 rings (SSSR count). The molecule has 0 saturated carbocycles. The molecule has 1 amide bonds. The second kappa shape index (κ2) is 8.02. The molecular weight excluding hydrogens is 248 g/mol. The molecule has 1 heterocycles. The van der Waals surface area contributed by atoms with Gasteiger partial charge in [0, 0.05) is 25.6 Å². The second-order valence-corrected chi connectivity index (χ2v) is 7.37. The zero-order chi connectivity index (χ0) is 15.2. The quantitative estimate of drug-likeness (QED) is 0.809. The lowest BCUT2D eigenvalue weighted by Gasteiger charge is -2.29. The molecule has 20 heavy (non-hydrogen) atoms. The van der Waals surface area contributed by atoms with Gasteiger partial charge in [0.05, 0.1) is 0 Å². The van der Waals surface area contributed by atoms with Crippen molar-refractivity contribution < 1.29 is 4.79 Å². The molecule has 0 aromatic carbocycles. The van der Waals surface area contributed by atoms with Crippen molar-refractivity contribution in [2.24, 2.45) is 11.3 Å². The van der Waals surface area contributed by atoms with E-state index in [-0.39, 0.29) is 0 Å². The predicted octanol–water partition coefficient (Wildman–Crippen LogP) is 3.44. The van der Waals surface area contributed by atoms with Crippen LogP contribution in [0.4, 0.5) is 0 Å². The maximum absolute atomic E-state index is 12.2. The monoisotopic (exact) mass is 282 g/mol. The van der Waals surface area contributed by atoms with Crippen LogP contribution in [-0.2, 0) is 4.79 Å². The minimum atomic E-state index is 0.329. The van der Waals surface area contributed by atoms with Crippen LogP contribution in [0.3, 0.4) is 0 Å². The minimum Gasteiger partial charge on any atom is -0.343 e. The van der Waals surface area contributed by atoms with Crippen LogP contribution in [0.25, 0.3) is 0 Å². The van der Waals surface area contributed by atoms with Crippen molar-refractivity contribution in [2.75, 3.05) is 19.6 Å². The Bertz CT molecular complexity index is 296. The Morgan fingerprint density at radius 1 is 1.35 bits per heavy atom. The van der Waals surface area contributed by atoms with Crippen LogP contribution < -0.4 is 5.32 Å². The first-order valence-corrected chi connectivity index (χ1v) is 8.35. The standard InChI is InChI=1S/C17H34N2O/c1-6-18-14(2)8-7-12-19-13-11-15(17(3,4)5)9-10-16(19)20/h14-15,18H,6-13H2,1-5H3. The zero-order valence-electron chi connectivity index (χ0n) is 14.2. The van der Waals surface area contributed by atoms with E-state index in [1.165, 1.54) is 0 Å². The van der Waals surface area contributed by atoms with E-state index < -0.39 is 0 Å². The second-order valence-electron chi connectivity index (χ2n) is 7.37. The van der Waals surface area contributed by atoms with Gasteiger partial charge in [0.1, 0.15) is 0 Å². The van der Waals surface area contributed by atoms with E-state index in [1.54, 1.807) is 0 Å². The van der Waals surface area contributed by atoms with Crippen molar-refractivity contribution in [2.45, 2.75) is 72.8 Å². The third kappa shape index (κ3) is 5.82. The van der Waals surface area contributed by atoms with Gasteiger partial charge < -0.3 is 10.2 Å². The summed E-state index contributed by atoms with van der Waals surface area (Å²) in [5.74, 6) is 1.05. The van der Waals surface area contributed by atoms with Gasteiger partial charge >= 0.3 is 0 Å². The van der Waals surface area contributed by atoms with Gasteiger partial charge in [0.2, 0.25) is 5.91 Å². The number of nitrogens with zero attached hydrogens (tertiary/aromatic N) is 1. The van der Waals surface area contributed by atoms with Crippen LogP contribution >= 0.6 is 0 Å². The molecular formula is C17H34N2O. The SMILES string of the molecule is CCNC(C)CCCN1CCC(C(C)(C)C)CCC1=O. The summed E-state index contributed by atoms with van der Waals surface area (Å²) < 4.78 is 0. The summed E-state index contributed by atoms with van der Waals surface area (Å²) in [6, 6.07) is 0.560. The zero-order valence-corrected chi connectivity index (χ0v) is 14.2. The number of nitrogens with one attached hydrogen (secondary N) is 1. The molecule has 3 nitrogen and oxygen atoms in total. The number of rotatable bonds is 6. The molecule has 1 aliphatic heterocycles. The van der Waals surface area contributed by atoms with E-state index in [2.05, 4.69) is 44.8 Å². The molecule has 0 bridgehead atoms. The average Bonchev–Trinajstić information content (AvgIpc) is 2.52. The Hall–Kier alpha value is -0.570. The summed E-state index contributed by atoms with van der Waals surface area (Å²) in [4.78, 5) is 14.3. The summed E-state index contributed by atoms with van der Waals surface area (Å²) in [5.41, 5.74) is 0.329. The number of likely N-dealkylation sites (tertiary alicyclic amines) is 1. The van der Waals surface area contributed by atoms with Gasteiger partial charge in [0.15, 0.2) is 0 Å². The van der Waals surface area contributed by atoms with E-state index in [1.807, 2.05) is 0 Å². The maximum Gasteiger partial charge on any atom is 0.222 e. The average molecular weight is 282 g/mol. The highest BCUT2D eigenvalue weighted by molar-refractivity contribution is 5.76. The topological polar surface area (TPSA) is 32.3 Å². The smallest absolute Gasteiger partial charge is 0.222 e. The van der Waals surface area contributed by atoms with Crippen molar-refractivity contribution in [3.63, 3.8) is 0 Å². The van der Waals surface area contributed by atoms with Crippen molar-refractivity contribution in [3.05, 3.63) is 0 Å². The van der Waals surface area contributed by atoms with Crippen LogP contribution in [0.15, 0.2) is 0 Å². The normalized spacial score (nSPS) is 22.8. The van der Waals surface area contributed by atoms with Crippen molar-refractivity contribution >= 4 is 5.91 Å². The lowest BCUT2D eigenvalue weighted by atomic mass is 9.77. The fourth-order valence-corrected chi connectivity index (χ4v) is 3.18. The van der Waals surface area contributed by atoms with E-state index in [9.17, 15) is 4.79 Å². The molecule has 0 spiro atoms. The molecule has 0 aromatic rings. The first-order valence-electron chi connectivity index (χ1n) is 8.35. The van der Waals surface area contributed by atoms with Crippen LogP contribution in [0, 0.1) is 11.3 Å². The Morgan fingerprint density at radius 3 is 2.65 bits per heavy atom. The molecule has 0 radical (unpaired) electrons. The van der Waals surface area contributed by atoms with E-state index >= 15 is 0 Å². The van der Waals surface area contributed by atoms with Gasteiger partial charge in [-0.2, -0.15) is 0 Å². The molecule has 118 valence electrons. The summed E-state index contributed by atoms with van der Waals surface area (Å²) in [5, 5.41) is 3.43. The fraction of sp³-hybridized carbons (Fsp3) is 0.941. The molecule has 2 atom stereocenters. The van der Waals surface area contributed by atoms with Gasteiger partial charge in [-0.3, -0.25) is 4.79 Å². The van der Waals surface area contributed by atoms with Crippen molar-refractivity contribution in [3.8, 4) is 0 Å². The number of hydrogen-bond acceptors (Lipinski definition) is 2. The predicted molar refractivity (Wildman–Crippen MR) is 85.7 cm³/mol. The van der Waals surface area contributed by atoms with Gasteiger partial charge in [-0.25, -0.2) is 0 Å². The summed E-state index contributed by atoms with van der Waals surface area (Å²) in [6.07, 6.45) is 5.23. The van der Waals surface area contributed by atoms with Crippen molar-refractivity contribution in [1.29, 1.82) is 0 Å². The fourth-order valence-electron chi connectivity index (χ4n) is 3.18. The lowest BCUT2D eigenvalue weighted by Crippen LogP contribution is -2.33. The largest absolute Gasteiger partial charge is 0.343 e. The molecule has 0 aromatic heterocycles. The minimum absolute atomic E-state index is 0.329. The third-order valence-electron chi connectivity index (χ3n) is 4.65. The molecule has 0 aliphatic carbocycles. The Morgan fingerprint density at radius 2 is 2.05 bits per heavy atom. The highest BCUT2D eigenvalue weighted by Gasteiger charge is 2.29. The van der Waals surface area contributed by atoms with E-state index in [0.29, 0.717) is 23.3 Å². The third-order valence-corrected chi connectivity index (χ3v) is 4.65. The van der Waals surface area contributed by atoms with Gasteiger partial charge in [-0.1, -0.05) is 27.7 Å². The van der Waals surface area contributed by atoms with Crippen molar-refractivity contribution in [1.82, 2.24) is 10.2 Å². The summed E-state index contributed by atoms with van der Waals surface area (Å²) >= 11 is 0.